The van der Waals surface area contributed by atoms with Gasteiger partial charge in [-0.25, -0.2) is 9.07 Å². The summed E-state index contributed by atoms with van der Waals surface area (Å²) in [6, 6.07) is 16.7. The molecule has 1 aromatic heterocycles. The van der Waals surface area contributed by atoms with Gasteiger partial charge >= 0.3 is 0 Å². The summed E-state index contributed by atoms with van der Waals surface area (Å²) < 4.78 is 14.2. The van der Waals surface area contributed by atoms with Crippen molar-refractivity contribution in [3.05, 3.63) is 114 Å². The maximum Gasteiger partial charge on any atom is 0.123 e. The molecule has 172 valence electrons. The molecule has 0 aliphatic rings. The summed E-state index contributed by atoms with van der Waals surface area (Å²) in [6.45, 7) is 22.2. The van der Waals surface area contributed by atoms with Crippen molar-refractivity contribution in [3.8, 4) is 5.69 Å². The highest BCUT2D eigenvalue weighted by Crippen LogP contribution is 2.23. The molecule has 0 amide bonds. The monoisotopic (exact) mass is 434 g/mol. The van der Waals surface area contributed by atoms with E-state index in [1.807, 2.05) is 87.9 Å². The van der Waals surface area contributed by atoms with Crippen molar-refractivity contribution in [2.75, 3.05) is 0 Å². The molecule has 2 aromatic carbocycles. The van der Waals surface area contributed by atoms with Crippen molar-refractivity contribution in [2.24, 2.45) is 0 Å². The summed E-state index contributed by atoms with van der Waals surface area (Å²) >= 11 is 0. The van der Waals surface area contributed by atoms with Crippen molar-refractivity contribution < 1.29 is 4.39 Å². The second kappa shape index (κ2) is 16.5. The summed E-state index contributed by atoms with van der Waals surface area (Å²) in [5, 5.41) is 4.34. The highest BCUT2D eigenvalue weighted by molar-refractivity contribution is 5.78. The molecule has 0 fully saturated rings. The Hall–Kier alpha value is -3.20. The van der Waals surface area contributed by atoms with Crippen LogP contribution in [0.1, 0.15) is 57.9 Å². The van der Waals surface area contributed by atoms with Crippen LogP contribution in [0.5, 0.6) is 0 Å². The summed E-state index contributed by atoms with van der Waals surface area (Å²) in [4.78, 5) is 0. The zero-order valence-electron chi connectivity index (χ0n) is 20.8. The number of allylic oxidation sites excluding steroid dienone is 4. The zero-order valence-corrected chi connectivity index (χ0v) is 20.8. The Balaban J connectivity index is 0.000000574. The quantitative estimate of drug-likeness (QED) is 0.375. The highest BCUT2D eigenvalue weighted by Gasteiger charge is 2.09. The van der Waals surface area contributed by atoms with E-state index in [4.69, 9.17) is 0 Å². The topological polar surface area (TPSA) is 17.8 Å². The first kappa shape index (κ1) is 28.8. The van der Waals surface area contributed by atoms with Gasteiger partial charge in [-0.1, -0.05) is 83.7 Å². The van der Waals surface area contributed by atoms with E-state index in [9.17, 15) is 4.39 Å². The molecule has 0 aliphatic heterocycles. The van der Waals surface area contributed by atoms with Crippen LogP contribution in [0.15, 0.2) is 91.7 Å². The molecule has 0 spiro atoms. The standard InChI is InChI=1S/C16H16N2.C8H9F.C3H8.C2H6/c1-4-8-13(2)14(3)16-11-12-17-18(16)15-9-6-5-7-10-15;1-6-3-4-8(9)5-7(6)2;1-3-2;1-2/h4-12H,2-3H2,1H3;3-5H,1-2H3;3H2,1-2H3;1-2H3/b8-4-;;;. The third-order valence-electron chi connectivity index (χ3n) is 4.18. The molecule has 0 saturated carbocycles. The first-order chi connectivity index (χ1) is 15.3. The molecular weight excluding hydrogens is 395 g/mol. The maximum atomic E-state index is 12.3. The predicted molar refractivity (Wildman–Crippen MR) is 140 cm³/mol. The molecule has 0 saturated heterocycles. The van der Waals surface area contributed by atoms with Crippen molar-refractivity contribution in [2.45, 2.75) is 54.9 Å². The van der Waals surface area contributed by atoms with Crippen LogP contribution in [0.4, 0.5) is 4.39 Å². The van der Waals surface area contributed by atoms with Crippen LogP contribution >= 0.6 is 0 Å². The molecule has 3 aromatic rings. The Morgan fingerprint density at radius 2 is 1.56 bits per heavy atom. The Bertz CT molecular complexity index is 966. The van der Waals surface area contributed by atoms with E-state index in [0.29, 0.717) is 0 Å². The van der Waals surface area contributed by atoms with Gasteiger partial charge in [0, 0.05) is 0 Å². The fourth-order valence-electron chi connectivity index (χ4n) is 2.48. The van der Waals surface area contributed by atoms with Crippen molar-refractivity contribution >= 4 is 5.57 Å². The molecule has 0 aliphatic carbocycles. The minimum Gasteiger partial charge on any atom is -0.233 e. The van der Waals surface area contributed by atoms with Gasteiger partial charge in [-0.2, -0.15) is 5.10 Å². The van der Waals surface area contributed by atoms with Crippen LogP contribution in [0.25, 0.3) is 11.3 Å². The number of halogens is 1. The van der Waals surface area contributed by atoms with E-state index in [1.54, 1.807) is 12.3 Å². The lowest BCUT2D eigenvalue weighted by Gasteiger charge is -2.09. The van der Waals surface area contributed by atoms with Crippen LogP contribution in [0.2, 0.25) is 0 Å². The van der Waals surface area contributed by atoms with Crippen molar-refractivity contribution in [1.82, 2.24) is 9.78 Å². The van der Waals surface area contributed by atoms with E-state index >= 15 is 0 Å². The Morgan fingerprint density at radius 3 is 2.06 bits per heavy atom. The smallest absolute Gasteiger partial charge is 0.123 e. The van der Waals surface area contributed by atoms with Gasteiger partial charge in [0.05, 0.1) is 17.6 Å². The molecular formula is C29H39FN2. The number of hydrogen-bond acceptors (Lipinski definition) is 1. The van der Waals surface area contributed by atoms with Crippen LogP contribution < -0.4 is 0 Å². The first-order valence-corrected chi connectivity index (χ1v) is 11.2. The molecule has 0 unspecified atom stereocenters. The second-order valence-electron chi connectivity index (χ2n) is 6.90. The number of benzene rings is 2. The number of hydrogen-bond donors (Lipinski definition) is 0. The third kappa shape index (κ3) is 9.74. The fraction of sp³-hybridized carbons (Fsp3) is 0.276. The first-order valence-electron chi connectivity index (χ1n) is 11.2. The molecule has 3 heteroatoms. The van der Waals surface area contributed by atoms with Gasteiger partial charge in [0.15, 0.2) is 0 Å². The molecule has 0 atom stereocenters. The van der Waals surface area contributed by atoms with Gasteiger partial charge in [0.2, 0.25) is 0 Å². The average Bonchev–Trinajstić information content (AvgIpc) is 3.29. The normalized spacial score (nSPS) is 9.50. The largest absolute Gasteiger partial charge is 0.233 e. The number of nitrogens with zero attached hydrogens (tertiary/aromatic N) is 2. The van der Waals surface area contributed by atoms with Gasteiger partial charge in [0.1, 0.15) is 5.82 Å². The lowest BCUT2D eigenvalue weighted by Crippen LogP contribution is -2.01. The zero-order chi connectivity index (χ0) is 24.5. The van der Waals surface area contributed by atoms with E-state index in [2.05, 4.69) is 32.1 Å². The summed E-state index contributed by atoms with van der Waals surface area (Å²) in [5.74, 6) is -0.155. The molecule has 2 nitrogen and oxygen atoms in total. The number of aryl methyl sites for hydroxylation is 2. The summed E-state index contributed by atoms with van der Waals surface area (Å²) in [7, 11) is 0. The second-order valence-corrected chi connectivity index (χ2v) is 6.90. The van der Waals surface area contributed by atoms with E-state index in [1.165, 1.54) is 18.6 Å². The van der Waals surface area contributed by atoms with E-state index in [-0.39, 0.29) is 5.82 Å². The lowest BCUT2D eigenvalue weighted by atomic mass is 10.1. The predicted octanol–water partition coefficient (Wildman–Crippen LogP) is 8.90. The lowest BCUT2D eigenvalue weighted by molar-refractivity contribution is 0.626. The Morgan fingerprint density at radius 1 is 0.969 bits per heavy atom. The minimum atomic E-state index is -0.155. The summed E-state index contributed by atoms with van der Waals surface area (Å²) in [5.41, 5.74) is 5.91. The third-order valence-corrected chi connectivity index (χ3v) is 4.18. The molecule has 3 rings (SSSR count). The Labute approximate surface area is 194 Å². The molecule has 0 N–H and O–H groups in total. The van der Waals surface area contributed by atoms with Crippen LogP contribution in [-0.2, 0) is 0 Å². The van der Waals surface area contributed by atoms with Crippen LogP contribution in [-0.4, -0.2) is 9.78 Å². The highest BCUT2D eigenvalue weighted by atomic mass is 19.1. The maximum absolute atomic E-state index is 12.3. The molecule has 1 heterocycles. The number of para-hydroxylation sites is 1. The Kier molecular flexibility index (Phi) is 14.8. The molecule has 0 radical (unpaired) electrons. The van der Waals surface area contributed by atoms with Crippen molar-refractivity contribution in [3.63, 3.8) is 0 Å². The van der Waals surface area contributed by atoms with Gasteiger partial charge in [-0.3, -0.25) is 0 Å². The van der Waals surface area contributed by atoms with Gasteiger partial charge in [-0.05, 0) is 73.4 Å². The van der Waals surface area contributed by atoms with Gasteiger partial charge < -0.3 is 0 Å². The van der Waals surface area contributed by atoms with Crippen molar-refractivity contribution in [1.29, 1.82) is 0 Å². The number of aromatic nitrogens is 2. The van der Waals surface area contributed by atoms with Gasteiger partial charge in [-0.15, -0.1) is 0 Å². The van der Waals surface area contributed by atoms with E-state index < -0.39 is 0 Å². The fourth-order valence-corrected chi connectivity index (χ4v) is 2.48. The molecule has 0 bridgehead atoms. The molecule has 32 heavy (non-hydrogen) atoms. The minimum absolute atomic E-state index is 0.155. The average molecular weight is 435 g/mol. The van der Waals surface area contributed by atoms with Gasteiger partial charge in [0.25, 0.3) is 0 Å². The SMILES string of the molecule is C=C(/C=C\C)C(=C)c1ccnn1-c1ccccc1.CC.CCC.Cc1ccc(F)cc1C. The van der Waals surface area contributed by atoms with E-state index in [0.717, 1.165) is 33.7 Å². The van der Waals surface area contributed by atoms with Crippen LogP contribution in [0.3, 0.4) is 0 Å². The summed E-state index contributed by atoms with van der Waals surface area (Å²) in [6.07, 6.45) is 6.93. The van der Waals surface area contributed by atoms with Crippen LogP contribution in [0, 0.1) is 19.7 Å². The number of rotatable bonds is 4.